The van der Waals surface area contributed by atoms with E-state index in [1.54, 1.807) is 12.0 Å². The number of ether oxygens (including phenoxy) is 1. The summed E-state index contributed by atoms with van der Waals surface area (Å²) in [6.07, 6.45) is 1.36. The smallest absolute Gasteiger partial charge is 0.318 e. The summed E-state index contributed by atoms with van der Waals surface area (Å²) in [5, 5.41) is 12.6. The normalized spacial score (nSPS) is 19.0. The van der Waals surface area contributed by atoms with Crippen molar-refractivity contribution in [2.45, 2.75) is 38.8 Å². The molecule has 22 heavy (non-hydrogen) atoms. The zero-order valence-corrected chi connectivity index (χ0v) is 13.5. The molecule has 1 aromatic rings. The van der Waals surface area contributed by atoms with Crippen molar-refractivity contribution in [1.82, 2.24) is 10.2 Å². The van der Waals surface area contributed by atoms with Gasteiger partial charge in [-0.3, -0.25) is 0 Å². The summed E-state index contributed by atoms with van der Waals surface area (Å²) in [6.45, 7) is 5.38. The van der Waals surface area contributed by atoms with Gasteiger partial charge in [-0.1, -0.05) is 0 Å². The number of aliphatic hydroxyl groups is 1. The van der Waals surface area contributed by atoms with E-state index in [1.807, 2.05) is 26.0 Å². The number of carbonyl (C=O) groups is 1. The van der Waals surface area contributed by atoms with Crippen molar-refractivity contribution in [1.29, 1.82) is 0 Å². The fraction of sp³-hybridized carbons (Fsp3) is 0.688. The van der Waals surface area contributed by atoms with Crippen molar-refractivity contribution in [3.63, 3.8) is 0 Å². The highest BCUT2D eigenvalue weighted by atomic mass is 16.5. The molecule has 0 spiro atoms. The van der Waals surface area contributed by atoms with Gasteiger partial charge < -0.3 is 24.5 Å². The monoisotopic (exact) mass is 310 g/mol. The Bertz CT molecular complexity index is 478. The molecule has 1 aliphatic rings. The van der Waals surface area contributed by atoms with E-state index < -0.39 is 0 Å². The molecule has 6 heteroatoms. The molecule has 1 fully saturated rings. The summed E-state index contributed by atoms with van der Waals surface area (Å²) in [7, 11) is 1.60. The number of aryl methyl sites for hydroxylation is 1. The number of amides is 2. The van der Waals surface area contributed by atoms with E-state index in [2.05, 4.69) is 5.32 Å². The van der Waals surface area contributed by atoms with Gasteiger partial charge >= 0.3 is 6.03 Å². The molecule has 1 aliphatic heterocycles. The third-order valence-corrected chi connectivity index (χ3v) is 4.24. The second-order valence-electron chi connectivity index (χ2n) is 5.97. The molecule has 0 radical (unpaired) electrons. The number of nitrogens with zero attached hydrogens (tertiary/aromatic N) is 1. The van der Waals surface area contributed by atoms with Gasteiger partial charge in [0.2, 0.25) is 0 Å². The largest absolute Gasteiger partial charge is 0.464 e. The van der Waals surface area contributed by atoms with Crippen molar-refractivity contribution in [2.75, 3.05) is 26.8 Å². The van der Waals surface area contributed by atoms with Crippen LogP contribution < -0.4 is 5.32 Å². The molecule has 124 valence electrons. The predicted octanol–water partition coefficient (Wildman–Crippen LogP) is 2.08. The van der Waals surface area contributed by atoms with E-state index in [-0.39, 0.29) is 24.1 Å². The Balaban J connectivity index is 1.91. The maximum absolute atomic E-state index is 12.4. The molecule has 1 saturated heterocycles. The highest BCUT2D eigenvalue weighted by Crippen LogP contribution is 2.22. The number of methoxy groups -OCH3 is 1. The summed E-state index contributed by atoms with van der Waals surface area (Å²) in [5.41, 5.74) is 0. The highest BCUT2D eigenvalue weighted by molar-refractivity contribution is 5.74. The van der Waals surface area contributed by atoms with Gasteiger partial charge in [0.15, 0.2) is 0 Å². The molecular formula is C16H26N2O4. The quantitative estimate of drug-likeness (QED) is 0.873. The Morgan fingerprint density at radius 1 is 1.50 bits per heavy atom. The van der Waals surface area contributed by atoms with Crippen LogP contribution in [-0.2, 0) is 4.74 Å². The third-order valence-electron chi connectivity index (χ3n) is 4.24. The minimum absolute atomic E-state index is 0.111. The first-order valence-electron chi connectivity index (χ1n) is 7.80. The maximum Gasteiger partial charge on any atom is 0.318 e. The van der Waals surface area contributed by atoms with Crippen LogP contribution in [0, 0.1) is 12.8 Å². The molecule has 0 saturated carbocycles. The van der Waals surface area contributed by atoms with Crippen LogP contribution in [-0.4, -0.2) is 48.9 Å². The van der Waals surface area contributed by atoms with Gasteiger partial charge in [-0.2, -0.15) is 0 Å². The van der Waals surface area contributed by atoms with Crippen LogP contribution in [0.1, 0.15) is 37.3 Å². The van der Waals surface area contributed by atoms with Crippen molar-refractivity contribution in [3.8, 4) is 0 Å². The fourth-order valence-corrected chi connectivity index (χ4v) is 2.83. The van der Waals surface area contributed by atoms with Gasteiger partial charge in [-0.25, -0.2) is 4.79 Å². The van der Waals surface area contributed by atoms with Crippen LogP contribution in [0.3, 0.4) is 0 Å². The molecule has 2 amide bonds. The lowest BCUT2D eigenvalue weighted by molar-refractivity contribution is 0.0777. The first-order valence-corrected chi connectivity index (χ1v) is 7.80. The molecular weight excluding hydrogens is 284 g/mol. The first kappa shape index (κ1) is 16.8. The maximum atomic E-state index is 12.4. The Labute approximate surface area is 131 Å². The Morgan fingerprint density at radius 2 is 2.18 bits per heavy atom. The standard InChI is InChI=1S/C16H26N2O4/c1-11-4-5-15(22-11)14(10-21-3)17-16(20)18-8-6-13(7-9-18)12(2)19/h4-5,12-14,19H,6-10H2,1-3H3,(H,17,20). The van der Waals surface area contributed by atoms with E-state index in [0.717, 1.165) is 18.6 Å². The molecule has 0 aromatic carbocycles. The van der Waals surface area contributed by atoms with E-state index in [0.29, 0.717) is 25.5 Å². The molecule has 6 nitrogen and oxygen atoms in total. The van der Waals surface area contributed by atoms with Gasteiger partial charge in [-0.15, -0.1) is 0 Å². The van der Waals surface area contributed by atoms with Crippen LogP contribution in [0.2, 0.25) is 0 Å². The second-order valence-corrected chi connectivity index (χ2v) is 5.97. The zero-order valence-electron chi connectivity index (χ0n) is 13.5. The lowest BCUT2D eigenvalue weighted by atomic mass is 9.92. The van der Waals surface area contributed by atoms with Gasteiger partial charge in [0, 0.05) is 20.2 Å². The number of rotatable bonds is 5. The topological polar surface area (TPSA) is 74.9 Å². The van der Waals surface area contributed by atoms with E-state index in [4.69, 9.17) is 9.15 Å². The molecule has 1 aromatic heterocycles. The number of likely N-dealkylation sites (tertiary alicyclic amines) is 1. The first-order chi connectivity index (χ1) is 10.5. The average molecular weight is 310 g/mol. The SMILES string of the molecule is COCC(NC(=O)N1CCC(C(C)O)CC1)c1ccc(C)o1. The molecule has 2 heterocycles. The second kappa shape index (κ2) is 7.65. The summed E-state index contributed by atoms with van der Waals surface area (Å²) in [4.78, 5) is 14.2. The molecule has 2 unspecified atom stereocenters. The lowest BCUT2D eigenvalue weighted by Crippen LogP contribution is -2.47. The number of hydrogen-bond donors (Lipinski definition) is 2. The van der Waals surface area contributed by atoms with E-state index >= 15 is 0 Å². The minimum atomic E-state index is -0.308. The van der Waals surface area contributed by atoms with Crippen LogP contribution >= 0.6 is 0 Å². The molecule has 2 N–H and O–H groups in total. The fourth-order valence-electron chi connectivity index (χ4n) is 2.83. The number of urea groups is 1. The number of nitrogens with one attached hydrogen (secondary N) is 1. The van der Waals surface area contributed by atoms with Crippen molar-refractivity contribution < 1.29 is 19.1 Å². The molecule has 0 aliphatic carbocycles. The lowest BCUT2D eigenvalue weighted by Gasteiger charge is -2.34. The number of piperidine rings is 1. The minimum Gasteiger partial charge on any atom is -0.464 e. The van der Waals surface area contributed by atoms with Crippen molar-refractivity contribution in [3.05, 3.63) is 23.7 Å². The van der Waals surface area contributed by atoms with Crippen molar-refractivity contribution >= 4 is 6.03 Å². The third kappa shape index (κ3) is 4.24. The number of carbonyl (C=O) groups excluding carboxylic acids is 1. The van der Waals surface area contributed by atoms with Crippen LogP contribution in [0.15, 0.2) is 16.5 Å². The Morgan fingerprint density at radius 3 is 2.68 bits per heavy atom. The number of aliphatic hydroxyl groups excluding tert-OH is 1. The van der Waals surface area contributed by atoms with Crippen LogP contribution in [0.4, 0.5) is 4.79 Å². The Kier molecular flexibility index (Phi) is 5.85. The van der Waals surface area contributed by atoms with Gasteiger partial charge in [0.05, 0.1) is 12.7 Å². The Hall–Kier alpha value is -1.53. The average Bonchev–Trinajstić information content (AvgIpc) is 2.93. The van der Waals surface area contributed by atoms with E-state index in [9.17, 15) is 9.90 Å². The zero-order chi connectivity index (χ0) is 16.1. The van der Waals surface area contributed by atoms with Gasteiger partial charge in [0.25, 0.3) is 0 Å². The summed E-state index contributed by atoms with van der Waals surface area (Å²) in [5.74, 6) is 1.79. The summed E-state index contributed by atoms with van der Waals surface area (Å²) in [6, 6.07) is 3.33. The molecule has 2 atom stereocenters. The van der Waals surface area contributed by atoms with Crippen LogP contribution in [0.5, 0.6) is 0 Å². The molecule has 0 bridgehead atoms. The van der Waals surface area contributed by atoms with Crippen molar-refractivity contribution in [2.24, 2.45) is 5.92 Å². The van der Waals surface area contributed by atoms with Crippen LogP contribution in [0.25, 0.3) is 0 Å². The summed E-state index contributed by atoms with van der Waals surface area (Å²) >= 11 is 0. The van der Waals surface area contributed by atoms with Gasteiger partial charge in [-0.05, 0) is 44.7 Å². The van der Waals surface area contributed by atoms with E-state index in [1.165, 1.54) is 0 Å². The number of furan rings is 1. The van der Waals surface area contributed by atoms with Gasteiger partial charge in [0.1, 0.15) is 17.6 Å². The number of hydrogen-bond acceptors (Lipinski definition) is 4. The highest BCUT2D eigenvalue weighted by Gasteiger charge is 2.27. The molecule has 2 rings (SSSR count). The predicted molar refractivity (Wildman–Crippen MR) is 82.6 cm³/mol. The summed E-state index contributed by atoms with van der Waals surface area (Å²) < 4.78 is 10.8.